The molecule has 0 aromatic carbocycles. The van der Waals surface area contributed by atoms with Crippen molar-refractivity contribution < 1.29 is 9.59 Å². The molecule has 8 heteroatoms. The Morgan fingerprint density at radius 1 is 1.32 bits per heavy atom. The number of fused-ring (bicyclic) bond motifs is 1. The zero-order chi connectivity index (χ0) is 15.9. The fourth-order valence-corrected chi connectivity index (χ4v) is 2.46. The Bertz CT molecular complexity index is 804. The summed E-state index contributed by atoms with van der Waals surface area (Å²) in [5.74, 6) is -0.150. The number of anilines is 1. The van der Waals surface area contributed by atoms with Gasteiger partial charge < -0.3 is 9.80 Å². The highest BCUT2D eigenvalue weighted by Crippen LogP contribution is 2.20. The van der Waals surface area contributed by atoms with Gasteiger partial charge in [0.25, 0.3) is 0 Å². The van der Waals surface area contributed by atoms with Crippen LogP contribution in [-0.4, -0.2) is 51.5 Å². The summed E-state index contributed by atoms with van der Waals surface area (Å²) in [6, 6.07) is 3.45. The Morgan fingerprint density at radius 2 is 2.09 bits per heavy atom. The van der Waals surface area contributed by atoms with E-state index in [1.54, 1.807) is 37.3 Å². The zero-order valence-electron chi connectivity index (χ0n) is 12.5. The minimum absolute atomic E-state index is 0.0579. The van der Waals surface area contributed by atoms with Crippen LogP contribution < -0.4 is 10.6 Å². The monoisotopic (exact) mass is 303 g/mol. The van der Waals surface area contributed by atoms with E-state index in [2.05, 4.69) is 5.10 Å². The Morgan fingerprint density at radius 3 is 2.73 bits per heavy atom. The first-order chi connectivity index (χ1) is 10.5. The molecule has 0 aliphatic carbocycles. The van der Waals surface area contributed by atoms with Crippen molar-refractivity contribution in [3.8, 4) is 0 Å². The van der Waals surface area contributed by atoms with E-state index in [1.807, 2.05) is 0 Å². The van der Waals surface area contributed by atoms with E-state index >= 15 is 0 Å². The van der Waals surface area contributed by atoms with Crippen molar-refractivity contribution in [1.29, 1.82) is 0 Å². The van der Waals surface area contributed by atoms with Crippen molar-refractivity contribution in [1.82, 2.24) is 19.1 Å². The second-order valence-corrected chi connectivity index (χ2v) is 5.49. The number of aromatic nitrogens is 3. The van der Waals surface area contributed by atoms with Crippen LogP contribution in [0.2, 0.25) is 0 Å². The molecule has 0 radical (unpaired) electrons. The number of carbonyl (C=O) groups excluding carboxylic acids is 2. The summed E-state index contributed by atoms with van der Waals surface area (Å²) < 4.78 is 2.50. The van der Waals surface area contributed by atoms with Gasteiger partial charge in [-0.3, -0.25) is 9.59 Å². The maximum Gasteiger partial charge on any atom is 0.350 e. The SMILES string of the molecule is CN(C)C(=O)Cn1nc2ccc(N3CCCC3=O)cn2c1=O. The summed E-state index contributed by atoms with van der Waals surface area (Å²) in [6.07, 6.45) is 2.95. The third-order valence-electron chi connectivity index (χ3n) is 3.73. The second kappa shape index (κ2) is 5.28. The van der Waals surface area contributed by atoms with Crippen LogP contribution in [0.5, 0.6) is 0 Å². The molecule has 0 N–H and O–H groups in total. The highest BCUT2D eigenvalue weighted by atomic mass is 16.2. The van der Waals surface area contributed by atoms with Crippen LogP contribution in [0.3, 0.4) is 0 Å². The number of rotatable bonds is 3. The summed E-state index contributed by atoms with van der Waals surface area (Å²) >= 11 is 0. The maximum absolute atomic E-state index is 12.3. The van der Waals surface area contributed by atoms with E-state index in [4.69, 9.17) is 0 Å². The van der Waals surface area contributed by atoms with Crippen molar-refractivity contribution in [3.63, 3.8) is 0 Å². The molecule has 1 aliphatic heterocycles. The maximum atomic E-state index is 12.3. The topological polar surface area (TPSA) is 79.9 Å². The normalized spacial score (nSPS) is 14.8. The number of hydrogen-bond acceptors (Lipinski definition) is 4. The van der Waals surface area contributed by atoms with E-state index in [9.17, 15) is 14.4 Å². The van der Waals surface area contributed by atoms with Gasteiger partial charge in [0.2, 0.25) is 11.8 Å². The summed E-state index contributed by atoms with van der Waals surface area (Å²) in [5.41, 5.74) is 0.737. The highest BCUT2D eigenvalue weighted by molar-refractivity contribution is 5.95. The first-order valence-corrected chi connectivity index (χ1v) is 7.07. The molecule has 2 aromatic heterocycles. The van der Waals surface area contributed by atoms with E-state index in [0.717, 1.165) is 11.1 Å². The van der Waals surface area contributed by atoms with Gasteiger partial charge in [0, 0.05) is 33.3 Å². The molecule has 2 aromatic rings. The summed E-state index contributed by atoms with van der Waals surface area (Å²) in [5, 5.41) is 4.14. The molecule has 0 atom stereocenters. The molecule has 1 saturated heterocycles. The molecule has 0 saturated carbocycles. The van der Waals surface area contributed by atoms with Crippen LogP contribution in [-0.2, 0) is 16.1 Å². The van der Waals surface area contributed by atoms with Crippen LogP contribution in [0.25, 0.3) is 5.65 Å². The summed E-state index contributed by atoms with van der Waals surface area (Å²) in [7, 11) is 3.25. The molecule has 0 unspecified atom stereocenters. The molecule has 2 amide bonds. The van der Waals surface area contributed by atoms with Crippen molar-refractivity contribution in [2.75, 3.05) is 25.5 Å². The van der Waals surface area contributed by atoms with Crippen LogP contribution in [0.4, 0.5) is 5.69 Å². The van der Waals surface area contributed by atoms with Crippen LogP contribution in [0.1, 0.15) is 12.8 Å². The predicted molar refractivity (Wildman–Crippen MR) is 79.7 cm³/mol. The Hall–Kier alpha value is -2.64. The van der Waals surface area contributed by atoms with Gasteiger partial charge in [0.15, 0.2) is 5.65 Å². The minimum atomic E-state index is -0.390. The minimum Gasteiger partial charge on any atom is -0.347 e. The van der Waals surface area contributed by atoms with Crippen LogP contribution in [0, 0.1) is 0 Å². The summed E-state index contributed by atoms with van der Waals surface area (Å²) in [6.45, 7) is 0.553. The van der Waals surface area contributed by atoms with Gasteiger partial charge >= 0.3 is 5.69 Å². The molecule has 0 spiro atoms. The number of nitrogens with zero attached hydrogens (tertiary/aromatic N) is 5. The van der Waals surface area contributed by atoms with Gasteiger partial charge in [-0.15, -0.1) is 5.10 Å². The molecule has 3 heterocycles. The molecular weight excluding hydrogens is 286 g/mol. The standard InChI is InChI=1S/C14H17N5O3/c1-16(2)13(21)9-19-14(22)18-8-10(5-6-11(18)15-19)17-7-3-4-12(17)20/h5-6,8H,3-4,7,9H2,1-2H3. The lowest BCUT2D eigenvalue weighted by Gasteiger charge is -2.15. The van der Waals surface area contributed by atoms with Crippen molar-refractivity contribution in [3.05, 3.63) is 28.8 Å². The molecular formula is C14H17N5O3. The smallest absolute Gasteiger partial charge is 0.347 e. The first kappa shape index (κ1) is 14.3. The number of likely N-dealkylation sites (N-methyl/N-ethyl adjacent to an activating group) is 1. The quantitative estimate of drug-likeness (QED) is 0.780. The number of pyridine rings is 1. The van der Waals surface area contributed by atoms with Gasteiger partial charge in [-0.1, -0.05) is 0 Å². The largest absolute Gasteiger partial charge is 0.350 e. The Balaban J connectivity index is 1.99. The average molecular weight is 303 g/mol. The van der Waals surface area contributed by atoms with Gasteiger partial charge in [0.05, 0.1) is 5.69 Å². The van der Waals surface area contributed by atoms with Crippen molar-refractivity contribution in [2.24, 2.45) is 0 Å². The molecule has 1 fully saturated rings. The van der Waals surface area contributed by atoms with Gasteiger partial charge in [-0.2, -0.15) is 0 Å². The van der Waals surface area contributed by atoms with Crippen molar-refractivity contribution in [2.45, 2.75) is 19.4 Å². The highest BCUT2D eigenvalue weighted by Gasteiger charge is 2.22. The molecule has 0 bridgehead atoms. The Kier molecular flexibility index (Phi) is 3.44. The predicted octanol–water partition coefficient (Wildman–Crippen LogP) is -0.289. The fourth-order valence-electron chi connectivity index (χ4n) is 2.46. The van der Waals surface area contributed by atoms with Gasteiger partial charge in [0.1, 0.15) is 6.54 Å². The number of carbonyl (C=O) groups is 2. The molecule has 116 valence electrons. The lowest BCUT2D eigenvalue weighted by Crippen LogP contribution is -2.32. The number of amides is 2. The summed E-state index contributed by atoms with van der Waals surface area (Å²) in [4.78, 5) is 38.9. The second-order valence-electron chi connectivity index (χ2n) is 5.49. The lowest BCUT2D eigenvalue weighted by molar-refractivity contribution is -0.129. The van der Waals surface area contributed by atoms with Crippen LogP contribution >= 0.6 is 0 Å². The van der Waals surface area contributed by atoms with E-state index < -0.39 is 5.69 Å². The molecule has 1 aliphatic rings. The molecule has 3 rings (SSSR count). The van der Waals surface area contributed by atoms with Gasteiger partial charge in [-0.05, 0) is 18.6 Å². The van der Waals surface area contributed by atoms with E-state index in [1.165, 1.54) is 9.30 Å². The molecule has 8 nitrogen and oxygen atoms in total. The van der Waals surface area contributed by atoms with E-state index in [0.29, 0.717) is 24.3 Å². The zero-order valence-corrected chi connectivity index (χ0v) is 12.5. The van der Waals surface area contributed by atoms with Gasteiger partial charge in [-0.25, -0.2) is 13.9 Å². The first-order valence-electron chi connectivity index (χ1n) is 7.07. The van der Waals surface area contributed by atoms with Crippen molar-refractivity contribution >= 4 is 23.1 Å². The third kappa shape index (κ3) is 2.36. The average Bonchev–Trinajstić information content (AvgIpc) is 3.03. The molecule has 22 heavy (non-hydrogen) atoms. The number of hydrogen-bond donors (Lipinski definition) is 0. The lowest BCUT2D eigenvalue weighted by atomic mass is 10.3. The Labute approximate surface area is 126 Å². The van der Waals surface area contributed by atoms with E-state index in [-0.39, 0.29) is 18.4 Å². The fraction of sp³-hybridized carbons (Fsp3) is 0.429. The third-order valence-corrected chi connectivity index (χ3v) is 3.73. The van der Waals surface area contributed by atoms with Crippen LogP contribution in [0.15, 0.2) is 23.1 Å².